The molecule has 3 aromatic rings. The molecule has 0 aliphatic carbocycles. The van der Waals surface area contributed by atoms with Gasteiger partial charge in [0.1, 0.15) is 0 Å². The highest BCUT2D eigenvalue weighted by Gasteiger charge is 2.30. The van der Waals surface area contributed by atoms with E-state index in [0.29, 0.717) is 35.4 Å². The Hall–Kier alpha value is -4.04. The van der Waals surface area contributed by atoms with Crippen molar-refractivity contribution >= 4 is 46.9 Å². The van der Waals surface area contributed by atoms with E-state index >= 15 is 0 Å². The van der Waals surface area contributed by atoms with E-state index in [9.17, 15) is 22.8 Å². The molecule has 0 bridgehead atoms. The van der Waals surface area contributed by atoms with Gasteiger partial charge in [0, 0.05) is 43.7 Å². The minimum Gasteiger partial charge on any atom is -0.378 e. The van der Waals surface area contributed by atoms with Crippen molar-refractivity contribution in [1.82, 2.24) is 0 Å². The van der Waals surface area contributed by atoms with E-state index in [2.05, 4.69) is 10.6 Å². The zero-order valence-electron chi connectivity index (χ0n) is 20.8. The van der Waals surface area contributed by atoms with Crippen LogP contribution in [0.2, 0.25) is 0 Å². The molecular weight excluding hydrogens is 515 g/mol. The van der Waals surface area contributed by atoms with Crippen molar-refractivity contribution in [2.75, 3.05) is 29.6 Å². The van der Waals surface area contributed by atoms with E-state index < -0.39 is 11.7 Å². The fraction of sp³-hybridized carbons (Fsp3) is 0.172. The van der Waals surface area contributed by atoms with Gasteiger partial charge in [0.05, 0.1) is 5.56 Å². The Kier molecular flexibility index (Phi) is 9.01. The SMILES string of the molecule is CN(C)c1ccc(C(=CC=CC(=O)Nc2cccc3c2CCC(=O)N3)c2ccc(C(F)(F)F)cc2)cc1.Cl. The predicted octanol–water partition coefficient (Wildman–Crippen LogP) is 6.70. The number of nitrogens with zero attached hydrogens (tertiary/aromatic N) is 1. The van der Waals surface area contributed by atoms with E-state index in [0.717, 1.165) is 28.9 Å². The molecule has 38 heavy (non-hydrogen) atoms. The minimum absolute atomic E-state index is 0. The Labute approximate surface area is 225 Å². The lowest BCUT2D eigenvalue weighted by molar-refractivity contribution is -0.137. The highest BCUT2D eigenvalue weighted by molar-refractivity contribution is 6.02. The van der Waals surface area contributed by atoms with Crippen LogP contribution in [0, 0.1) is 0 Å². The number of alkyl halides is 3. The van der Waals surface area contributed by atoms with Crippen molar-refractivity contribution in [2.24, 2.45) is 0 Å². The van der Waals surface area contributed by atoms with Crippen LogP contribution in [-0.4, -0.2) is 25.9 Å². The molecule has 2 amide bonds. The summed E-state index contributed by atoms with van der Waals surface area (Å²) in [4.78, 5) is 26.2. The summed E-state index contributed by atoms with van der Waals surface area (Å²) in [6.07, 6.45) is 1.09. The maximum absolute atomic E-state index is 13.1. The Morgan fingerprint density at radius 1 is 0.947 bits per heavy atom. The van der Waals surface area contributed by atoms with Crippen LogP contribution in [0.4, 0.5) is 30.2 Å². The molecule has 1 heterocycles. The van der Waals surface area contributed by atoms with Crippen molar-refractivity contribution in [3.8, 4) is 0 Å². The van der Waals surface area contributed by atoms with Gasteiger partial charge in [-0.2, -0.15) is 13.2 Å². The van der Waals surface area contributed by atoms with Crippen molar-refractivity contribution < 1.29 is 22.8 Å². The van der Waals surface area contributed by atoms with Gasteiger partial charge in [-0.05, 0) is 65.1 Å². The summed E-state index contributed by atoms with van der Waals surface area (Å²) in [5.41, 5.74) is 4.48. The van der Waals surface area contributed by atoms with Gasteiger partial charge in [-0.1, -0.05) is 42.5 Å². The second-order valence-corrected chi connectivity index (χ2v) is 8.82. The Bertz CT molecular complexity index is 1360. The molecule has 0 spiro atoms. The summed E-state index contributed by atoms with van der Waals surface area (Å²) in [7, 11) is 3.83. The quantitative estimate of drug-likeness (QED) is 0.269. The number of amides is 2. The molecule has 0 unspecified atom stereocenters. The largest absolute Gasteiger partial charge is 0.416 e. The number of halogens is 4. The standard InChI is InChI=1S/C29H26F3N3O2.ClH/c1-35(2)22-15-11-20(12-16-22)23(19-9-13-21(14-10-19)29(30,31)32)5-3-8-27(36)33-25-6-4-7-26-24(25)17-18-28(37)34-26;/h3-16H,17-18H2,1-2H3,(H,33,36)(H,34,37);1H. The van der Waals surface area contributed by atoms with Crippen LogP contribution >= 0.6 is 12.4 Å². The van der Waals surface area contributed by atoms with E-state index in [1.165, 1.54) is 18.2 Å². The first-order chi connectivity index (χ1) is 17.6. The fourth-order valence-electron chi connectivity index (χ4n) is 4.08. The van der Waals surface area contributed by atoms with E-state index in [1.807, 2.05) is 43.3 Å². The van der Waals surface area contributed by atoms with Gasteiger partial charge in [-0.25, -0.2) is 0 Å². The number of benzene rings is 3. The fourth-order valence-corrected chi connectivity index (χ4v) is 4.08. The lowest BCUT2D eigenvalue weighted by atomic mass is 9.96. The third-order valence-corrected chi connectivity index (χ3v) is 6.04. The van der Waals surface area contributed by atoms with Crippen LogP contribution in [0.5, 0.6) is 0 Å². The molecule has 0 aromatic heterocycles. The summed E-state index contributed by atoms with van der Waals surface area (Å²) in [6.45, 7) is 0. The molecule has 5 nitrogen and oxygen atoms in total. The number of fused-ring (bicyclic) bond motifs is 1. The van der Waals surface area contributed by atoms with Gasteiger partial charge in [0.15, 0.2) is 0 Å². The number of rotatable bonds is 6. The monoisotopic (exact) mass is 541 g/mol. The van der Waals surface area contributed by atoms with Gasteiger partial charge in [-0.15, -0.1) is 12.4 Å². The Morgan fingerprint density at radius 3 is 2.18 bits per heavy atom. The molecule has 0 saturated heterocycles. The van der Waals surface area contributed by atoms with E-state index in [4.69, 9.17) is 0 Å². The lowest BCUT2D eigenvalue weighted by Gasteiger charge is -2.19. The summed E-state index contributed by atoms with van der Waals surface area (Å²) >= 11 is 0. The van der Waals surface area contributed by atoms with Crippen molar-refractivity contribution in [3.63, 3.8) is 0 Å². The number of allylic oxidation sites excluding steroid dienone is 2. The third kappa shape index (κ3) is 6.83. The second-order valence-electron chi connectivity index (χ2n) is 8.82. The first-order valence-corrected chi connectivity index (χ1v) is 11.7. The first-order valence-electron chi connectivity index (χ1n) is 11.7. The van der Waals surface area contributed by atoms with Crippen molar-refractivity contribution in [1.29, 1.82) is 0 Å². The molecule has 1 aliphatic heterocycles. The average molecular weight is 542 g/mol. The molecule has 0 radical (unpaired) electrons. The maximum Gasteiger partial charge on any atom is 0.416 e. The number of hydrogen-bond donors (Lipinski definition) is 2. The Morgan fingerprint density at radius 2 is 1.58 bits per heavy atom. The lowest BCUT2D eigenvalue weighted by Crippen LogP contribution is -2.21. The topological polar surface area (TPSA) is 61.4 Å². The summed E-state index contributed by atoms with van der Waals surface area (Å²) < 4.78 is 39.2. The predicted molar refractivity (Wildman–Crippen MR) is 148 cm³/mol. The number of hydrogen-bond acceptors (Lipinski definition) is 3. The van der Waals surface area contributed by atoms with Gasteiger partial charge in [-0.3, -0.25) is 9.59 Å². The molecule has 1 aliphatic rings. The third-order valence-electron chi connectivity index (χ3n) is 6.04. The van der Waals surface area contributed by atoms with Gasteiger partial charge in [0.25, 0.3) is 0 Å². The number of carbonyl (C=O) groups is 2. The van der Waals surface area contributed by atoms with E-state index in [-0.39, 0.29) is 24.2 Å². The number of carbonyl (C=O) groups excluding carboxylic acids is 2. The van der Waals surface area contributed by atoms with Crippen LogP contribution < -0.4 is 15.5 Å². The van der Waals surface area contributed by atoms with Gasteiger partial charge in [0.2, 0.25) is 11.8 Å². The minimum atomic E-state index is -4.42. The number of anilines is 3. The van der Waals surface area contributed by atoms with Crippen LogP contribution in [0.3, 0.4) is 0 Å². The van der Waals surface area contributed by atoms with Crippen molar-refractivity contribution in [3.05, 3.63) is 107 Å². The average Bonchev–Trinajstić information content (AvgIpc) is 2.86. The summed E-state index contributed by atoms with van der Waals surface area (Å²) in [6, 6.07) is 17.9. The molecule has 0 saturated carbocycles. The second kappa shape index (κ2) is 12.0. The van der Waals surface area contributed by atoms with E-state index in [1.54, 1.807) is 30.4 Å². The smallest absolute Gasteiger partial charge is 0.378 e. The molecule has 0 fully saturated rings. The molecule has 198 valence electrons. The molecular formula is C29H27ClF3N3O2. The number of nitrogens with one attached hydrogen (secondary N) is 2. The molecule has 2 N–H and O–H groups in total. The first kappa shape index (κ1) is 28.5. The van der Waals surface area contributed by atoms with Crippen LogP contribution in [0.15, 0.2) is 85.0 Å². The zero-order chi connectivity index (χ0) is 26.6. The van der Waals surface area contributed by atoms with Crippen LogP contribution in [0.25, 0.3) is 5.57 Å². The van der Waals surface area contributed by atoms with Gasteiger partial charge < -0.3 is 15.5 Å². The normalized spacial score (nSPS) is 13.4. The summed E-state index contributed by atoms with van der Waals surface area (Å²) in [5.74, 6) is -0.424. The van der Waals surface area contributed by atoms with Crippen LogP contribution in [-0.2, 0) is 22.2 Å². The zero-order valence-corrected chi connectivity index (χ0v) is 21.6. The molecule has 9 heteroatoms. The van der Waals surface area contributed by atoms with Crippen LogP contribution in [0.1, 0.15) is 28.7 Å². The van der Waals surface area contributed by atoms with Crippen molar-refractivity contribution in [2.45, 2.75) is 19.0 Å². The molecule has 0 atom stereocenters. The highest BCUT2D eigenvalue weighted by Crippen LogP contribution is 2.32. The van der Waals surface area contributed by atoms with Gasteiger partial charge >= 0.3 is 6.18 Å². The molecule has 4 rings (SSSR count). The highest BCUT2D eigenvalue weighted by atomic mass is 35.5. The molecule has 3 aromatic carbocycles. The maximum atomic E-state index is 13.1. The Balaban J connectivity index is 0.00000400. The summed E-state index contributed by atoms with van der Waals surface area (Å²) in [5, 5.41) is 5.65.